The number of aromatic amines is 1. The Morgan fingerprint density at radius 1 is 0.562 bits per heavy atom. The van der Waals surface area contributed by atoms with Gasteiger partial charge in [-0.3, -0.25) is 0 Å². The lowest BCUT2D eigenvalue weighted by Gasteiger charge is -2.04. The van der Waals surface area contributed by atoms with Crippen LogP contribution in [-0.2, 0) is 6.42 Å². The Kier molecular flexibility index (Phi) is 11.7. The Balaban J connectivity index is 1.19. The molecule has 1 nitrogen and oxygen atoms in total. The summed E-state index contributed by atoms with van der Waals surface area (Å²) in [5, 5.41) is 2.69. The van der Waals surface area contributed by atoms with Gasteiger partial charge in [-0.15, -0.1) is 0 Å². The molecule has 0 aliphatic rings. The van der Waals surface area contributed by atoms with E-state index >= 15 is 0 Å². The van der Waals surface area contributed by atoms with Gasteiger partial charge in [0, 0.05) is 26.3 Å². The van der Waals surface area contributed by atoms with E-state index in [-0.39, 0.29) is 0 Å². The molecule has 0 aliphatic heterocycles. The van der Waals surface area contributed by atoms with E-state index in [0.717, 1.165) is 4.47 Å². The van der Waals surface area contributed by atoms with Gasteiger partial charge in [-0.05, 0) is 42.7 Å². The second-order valence-corrected chi connectivity index (χ2v) is 10.7. The van der Waals surface area contributed by atoms with Crippen molar-refractivity contribution in [3.05, 3.63) is 46.4 Å². The number of benzene rings is 2. The summed E-state index contributed by atoms with van der Waals surface area (Å²) in [6, 6.07) is 13.5. The molecule has 0 radical (unpaired) electrons. The SMILES string of the molecule is CCCCCCCCCCCCCCCCCCc1ccc2[nH]c3cc(Br)ccc3c2c1. The van der Waals surface area contributed by atoms with Crippen molar-refractivity contribution >= 4 is 37.7 Å². The molecule has 2 heteroatoms. The summed E-state index contributed by atoms with van der Waals surface area (Å²) in [4.78, 5) is 3.54. The van der Waals surface area contributed by atoms with Gasteiger partial charge in [0.15, 0.2) is 0 Å². The van der Waals surface area contributed by atoms with Crippen molar-refractivity contribution in [1.29, 1.82) is 0 Å². The van der Waals surface area contributed by atoms with Crippen LogP contribution in [0.3, 0.4) is 0 Å². The Hall–Kier alpha value is -1.28. The van der Waals surface area contributed by atoms with Gasteiger partial charge < -0.3 is 4.98 Å². The van der Waals surface area contributed by atoms with Crippen molar-refractivity contribution in [3.8, 4) is 0 Å². The molecule has 0 unspecified atom stereocenters. The largest absolute Gasteiger partial charge is 0.354 e. The molecule has 2 aromatic carbocycles. The Bertz CT molecular complexity index is 910. The molecule has 0 saturated heterocycles. The molecule has 0 saturated carbocycles. The number of hydrogen-bond acceptors (Lipinski definition) is 0. The third-order valence-corrected chi connectivity index (χ3v) is 7.44. The van der Waals surface area contributed by atoms with E-state index in [1.807, 2.05) is 0 Å². The van der Waals surface area contributed by atoms with Gasteiger partial charge in [0.05, 0.1) is 0 Å². The first-order valence-corrected chi connectivity index (χ1v) is 14.3. The van der Waals surface area contributed by atoms with Gasteiger partial charge in [0.2, 0.25) is 0 Å². The van der Waals surface area contributed by atoms with Crippen molar-refractivity contribution in [2.75, 3.05) is 0 Å². The van der Waals surface area contributed by atoms with E-state index in [9.17, 15) is 0 Å². The summed E-state index contributed by atoms with van der Waals surface area (Å²) in [6.07, 6.45) is 24.1. The average molecular weight is 499 g/mol. The molecule has 0 spiro atoms. The first kappa shape index (κ1) is 25.3. The van der Waals surface area contributed by atoms with Crippen LogP contribution in [0.25, 0.3) is 21.8 Å². The van der Waals surface area contributed by atoms with E-state index in [4.69, 9.17) is 0 Å². The summed E-state index contributed by atoms with van der Waals surface area (Å²) in [5.41, 5.74) is 3.94. The molecule has 176 valence electrons. The maximum atomic E-state index is 3.57. The minimum absolute atomic E-state index is 1.13. The zero-order valence-electron chi connectivity index (χ0n) is 20.4. The van der Waals surface area contributed by atoms with Crippen LogP contribution >= 0.6 is 15.9 Å². The molecule has 0 amide bonds. The number of aryl methyl sites for hydroxylation is 1. The molecule has 0 bridgehead atoms. The Morgan fingerprint density at radius 3 is 1.72 bits per heavy atom. The van der Waals surface area contributed by atoms with Crippen LogP contribution < -0.4 is 0 Å². The third-order valence-electron chi connectivity index (χ3n) is 6.94. The standard InChI is InChI=1S/C30H44BrN/c1-2-3-4-5-6-7-8-9-10-11-12-13-14-15-16-17-18-25-19-22-29-28(23-25)27-21-20-26(31)24-30(27)32-29/h19-24,32H,2-18H2,1H3. The van der Waals surface area contributed by atoms with Gasteiger partial charge in [0.25, 0.3) is 0 Å². The number of unbranched alkanes of at least 4 members (excludes halogenated alkanes) is 15. The fourth-order valence-corrected chi connectivity index (χ4v) is 5.32. The summed E-state index contributed by atoms with van der Waals surface area (Å²) in [7, 11) is 0. The quantitative estimate of drug-likeness (QED) is 0.178. The second-order valence-electron chi connectivity index (χ2n) is 9.75. The fraction of sp³-hybridized carbons (Fsp3) is 0.600. The van der Waals surface area contributed by atoms with Crippen LogP contribution in [-0.4, -0.2) is 4.98 Å². The smallest absolute Gasteiger partial charge is 0.0476 e. The number of hydrogen-bond donors (Lipinski definition) is 1. The van der Waals surface area contributed by atoms with E-state index in [2.05, 4.69) is 64.2 Å². The van der Waals surface area contributed by atoms with Crippen LogP contribution in [0.2, 0.25) is 0 Å². The lowest BCUT2D eigenvalue weighted by Crippen LogP contribution is -1.87. The molecule has 0 fully saturated rings. The van der Waals surface area contributed by atoms with Crippen molar-refractivity contribution in [1.82, 2.24) is 4.98 Å². The van der Waals surface area contributed by atoms with Gasteiger partial charge in [0.1, 0.15) is 0 Å². The number of fused-ring (bicyclic) bond motifs is 3. The van der Waals surface area contributed by atoms with Gasteiger partial charge in [-0.25, -0.2) is 0 Å². The summed E-state index contributed by atoms with van der Waals surface area (Å²) < 4.78 is 1.13. The molecule has 3 rings (SSSR count). The van der Waals surface area contributed by atoms with Crippen molar-refractivity contribution in [2.45, 2.75) is 116 Å². The minimum atomic E-state index is 1.13. The summed E-state index contributed by atoms with van der Waals surface area (Å²) >= 11 is 3.57. The second kappa shape index (κ2) is 14.8. The van der Waals surface area contributed by atoms with Crippen molar-refractivity contribution in [3.63, 3.8) is 0 Å². The maximum Gasteiger partial charge on any atom is 0.0476 e. The first-order valence-electron chi connectivity index (χ1n) is 13.5. The molecule has 1 N–H and O–H groups in total. The Morgan fingerprint density at radius 2 is 1.12 bits per heavy atom. The summed E-state index contributed by atoms with van der Waals surface area (Å²) in [6.45, 7) is 2.30. The normalized spacial score (nSPS) is 11.7. The molecule has 32 heavy (non-hydrogen) atoms. The van der Waals surface area contributed by atoms with E-state index in [0.29, 0.717) is 0 Å². The number of rotatable bonds is 17. The highest BCUT2D eigenvalue weighted by Crippen LogP contribution is 2.29. The van der Waals surface area contributed by atoms with Gasteiger partial charge in [-0.2, -0.15) is 0 Å². The number of H-pyrrole nitrogens is 1. The maximum absolute atomic E-state index is 3.57. The minimum Gasteiger partial charge on any atom is -0.354 e. The lowest BCUT2D eigenvalue weighted by atomic mass is 10.0. The number of nitrogens with one attached hydrogen (secondary N) is 1. The van der Waals surface area contributed by atoms with Crippen LogP contribution in [0.4, 0.5) is 0 Å². The number of aromatic nitrogens is 1. The predicted molar refractivity (Wildman–Crippen MR) is 147 cm³/mol. The summed E-state index contributed by atoms with van der Waals surface area (Å²) in [5.74, 6) is 0. The van der Waals surface area contributed by atoms with E-state index in [1.54, 1.807) is 0 Å². The fourth-order valence-electron chi connectivity index (χ4n) is 4.96. The van der Waals surface area contributed by atoms with E-state index in [1.165, 1.54) is 137 Å². The van der Waals surface area contributed by atoms with Crippen LogP contribution in [0.5, 0.6) is 0 Å². The molecule has 0 atom stereocenters. The highest BCUT2D eigenvalue weighted by molar-refractivity contribution is 9.10. The van der Waals surface area contributed by atoms with Crippen molar-refractivity contribution < 1.29 is 0 Å². The molecule has 1 aromatic heterocycles. The molecule has 1 heterocycles. The highest BCUT2D eigenvalue weighted by atomic mass is 79.9. The topological polar surface area (TPSA) is 15.8 Å². The molecular formula is C30H44BrN. The van der Waals surface area contributed by atoms with Crippen LogP contribution in [0.15, 0.2) is 40.9 Å². The van der Waals surface area contributed by atoms with Gasteiger partial charge in [-0.1, -0.05) is 131 Å². The van der Waals surface area contributed by atoms with Crippen LogP contribution in [0, 0.1) is 0 Å². The lowest BCUT2D eigenvalue weighted by molar-refractivity contribution is 0.529. The van der Waals surface area contributed by atoms with E-state index < -0.39 is 0 Å². The molecule has 3 aromatic rings. The predicted octanol–water partition coefficient (Wildman–Crippen LogP) is 10.9. The zero-order chi connectivity index (χ0) is 22.4. The Labute approximate surface area is 204 Å². The molecular weight excluding hydrogens is 454 g/mol. The van der Waals surface area contributed by atoms with Crippen molar-refractivity contribution in [2.24, 2.45) is 0 Å². The monoisotopic (exact) mass is 497 g/mol. The highest BCUT2D eigenvalue weighted by Gasteiger charge is 2.05. The average Bonchev–Trinajstić information content (AvgIpc) is 3.15. The van der Waals surface area contributed by atoms with Gasteiger partial charge >= 0.3 is 0 Å². The zero-order valence-corrected chi connectivity index (χ0v) is 21.9. The molecule has 0 aliphatic carbocycles. The number of halogens is 1. The van der Waals surface area contributed by atoms with Crippen LogP contribution in [0.1, 0.15) is 115 Å². The third kappa shape index (κ3) is 8.58. The first-order chi connectivity index (χ1) is 15.8.